The Morgan fingerprint density at radius 2 is 1.89 bits per heavy atom. The fourth-order valence-electron chi connectivity index (χ4n) is 2.61. The van der Waals surface area contributed by atoms with Gasteiger partial charge in [-0.05, 0) is 48.5 Å². The van der Waals surface area contributed by atoms with Crippen LogP contribution in [0.3, 0.4) is 0 Å². The van der Waals surface area contributed by atoms with Crippen LogP contribution < -0.4 is 5.32 Å². The van der Waals surface area contributed by atoms with E-state index in [1.54, 1.807) is 61.7 Å². The van der Waals surface area contributed by atoms with Crippen molar-refractivity contribution in [3.8, 4) is 6.07 Å². The van der Waals surface area contributed by atoms with Gasteiger partial charge in [-0.25, -0.2) is 0 Å². The summed E-state index contributed by atoms with van der Waals surface area (Å²) in [6.45, 7) is 1.68. The normalized spacial score (nSPS) is 13.0. The third-order valence-corrected chi connectivity index (χ3v) is 4.66. The van der Waals surface area contributed by atoms with Crippen molar-refractivity contribution >= 4 is 34.6 Å². The number of benzene rings is 2. The first-order valence-electron chi connectivity index (χ1n) is 8.50. The number of hydrogen-bond acceptors (Lipinski definition) is 5. The molecule has 0 saturated carbocycles. The third-order valence-electron chi connectivity index (χ3n) is 4.10. The Hall–Kier alpha value is -2.65. The number of hydrogen-bond donors (Lipinski definition) is 4. The molecule has 2 aromatic carbocycles. The van der Waals surface area contributed by atoms with Crippen LogP contribution in [-0.4, -0.2) is 22.8 Å². The highest BCUT2D eigenvalue weighted by molar-refractivity contribution is 6.35. The van der Waals surface area contributed by atoms with Gasteiger partial charge < -0.3 is 21.2 Å². The lowest BCUT2D eigenvalue weighted by atomic mass is 9.95. The van der Waals surface area contributed by atoms with E-state index in [9.17, 15) is 5.11 Å². The van der Waals surface area contributed by atoms with Crippen LogP contribution in [-0.2, 0) is 0 Å². The van der Waals surface area contributed by atoms with Crippen molar-refractivity contribution < 1.29 is 5.11 Å². The van der Waals surface area contributed by atoms with Crippen molar-refractivity contribution in [1.82, 2.24) is 5.32 Å². The number of aliphatic hydroxyl groups excluding tert-OH is 1. The minimum absolute atomic E-state index is 0.0895. The number of rotatable bonds is 8. The standard InChI is InChI=1S/C21H20Cl2N4O/c1-13(25)17(18-7-6-16(22)10-19(18)23)8-9-27-21(28)11-20(26)15-4-2-14(12-24)3-5-15/h2-10,17,21,25-28H,11H2,1H3/b9-8-,25-13?,26-20?. The van der Waals surface area contributed by atoms with Gasteiger partial charge in [0.15, 0.2) is 0 Å². The van der Waals surface area contributed by atoms with Crippen LogP contribution in [0.4, 0.5) is 0 Å². The van der Waals surface area contributed by atoms with Crippen LogP contribution in [0.15, 0.2) is 54.7 Å². The van der Waals surface area contributed by atoms with Gasteiger partial charge in [0.25, 0.3) is 0 Å². The maximum atomic E-state index is 10.1. The monoisotopic (exact) mass is 414 g/mol. The lowest BCUT2D eigenvalue weighted by Crippen LogP contribution is -2.27. The van der Waals surface area contributed by atoms with Crippen molar-refractivity contribution in [2.75, 3.05) is 0 Å². The fourth-order valence-corrected chi connectivity index (χ4v) is 3.14. The maximum absolute atomic E-state index is 10.1. The molecule has 0 fully saturated rings. The molecule has 2 unspecified atom stereocenters. The number of nitriles is 1. The SMILES string of the molecule is CC(=N)C(/C=C\NC(O)CC(=N)c1ccc(C#N)cc1)c1ccc(Cl)cc1Cl. The molecule has 2 aromatic rings. The second-order valence-electron chi connectivity index (χ2n) is 6.24. The van der Waals surface area contributed by atoms with Gasteiger partial charge in [0.1, 0.15) is 6.23 Å². The lowest BCUT2D eigenvalue weighted by molar-refractivity contribution is 0.161. The molecule has 0 radical (unpaired) electrons. The quantitative estimate of drug-likeness (QED) is 0.365. The summed E-state index contributed by atoms with van der Waals surface area (Å²) >= 11 is 12.2. The Morgan fingerprint density at radius 1 is 1.21 bits per heavy atom. The molecule has 0 saturated heterocycles. The van der Waals surface area contributed by atoms with Crippen LogP contribution >= 0.6 is 23.2 Å². The molecule has 7 heteroatoms. The number of halogens is 2. The molecule has 0 aromatic heterocycles. The van der Waals surface area contributed by atoms with E-state index >= 15 is 0 Å². The third kappa shape index (κ3) is 5.93. The van der Waals surface area contributed by atoms with Crippen molar-refractivity contribution in [3.63, 3.8) is 0 Å². The van der Waals surface area contributed by atoms with E-state index in [0.29, 0.717) is 26.9 Å². The maximum Gasteiger partial charge on any atom is 0.129 e. The molecular weight excluding hydrogens is 395 g/mol. The highest BCUT2D eigenvalue weighted by Crippen LogP contribution is 2.29. The Balaban J connectivity index is 1.99. The average Bonchev–Trinajstić information content (AvgIpc) is 2.65. The van der Waals surface area contributed by atoms with Crippen LogP contribution in [0.5, 0.6) is 0 Å². The summed E-state index contributed by atoms with van der Waals surface area (Å²) in [6, 6.07) is 13.8. The molecule has 0 aliphatic rings. The predicted octanol–water partition coefficient (Wildman–Crippen LogP) is 4.87. The second kappa shape index (κ2) is 10.0. The van der Waals surface area contributed by atoms with Crippen molar-refractivity contribution in [2.24, 2.45) is 0 Å². The van der Waals surface area contributed by atoms with Gasteiger partial charge in [0.2, 0.25) is 0 Å². The van der Waals surface area contributed by atoms with E-state index in [-0.39, 0.29) is 18.1 Å². The molecule has 144 valence electrons. The summed E-state index contributed by atoms with van der Waals surface area (Å²) in [5, 5.41) is 38.8. The summed E-state index contributed by atoms with van der Waals surface area (Å²) in [4.78, 5) is 0. The Bertz CT molecular complexity index is 932. The largest absolute Gasteiger partial charge is 0.373 e. The second-order valence-corrected chi connectivity index (χ2v) is 7.08. The van der Waals surface area contributed by atoms with E-state index in [2.05, 4.69) is 5.32 Å². The molecule has 5 nitrogen and oxygen atoms in total. The van der Waals surface area contributed by atoms with Crippen LogP contribution in [0.25, 0.3) is 0 Å². The lowest BCUT2D eigenvalue weighted by Gasteiger charge is -2.16. The zero-order chi connectivity index (χ0) is 20.7. The molecule has 28 heavy (non-hydrogen) atoms. The van der Waals surface area contributed by atoms with Gasteiger partial charge >= 0.3 is 0 Å². The summed E-state index contributed by atoms with van der Waals surface area (Å²) in [7, 11) is 0. The topological polar surface area (TPSA) is 104 Å². The van der Waals surface area contributed by atoms with Crippen LogP contribution in [0.1, 0.15) is 36.0 Å². The van der Waals surface area contributed by atoms with Gasteiger partial charge in [-0.2, -0.15) is 5.26 Å². The van der Waals surface area contributed by atoms with Crippen LogP contribution in [0.2, 0.25) is 10.0 Å². The first-order valence-corrected chi connectivity index (χ1v) is 9.26. The first-order chi connectivity index (χ1) is 13.3. The highest BCUT2D eigenvalue weighted by Gasteiger charge is 2.15. The van der Waals surface area contributed by atoms with Crippen LogP contribution in [0, 0.1) is 22.1 Å². The van der Waals surface area contributed by atoms with Gasteiger partial charge in [-0.3, -0.25) is 0 Å². The van der Waals surface area contributed by atoms with E-state index in [0.717, 1.165) is 5.56 Å². The molecule has 0 heterocycles. The Kier molecular flexibility index (Phi) is 7.77. The first kappa shape index (κ1) is 21.6. The molecule has 0 aliphatic heterocycles. The van der Waals surface area contributed by atoms with E-state index in [4.69, 9.17) is 39.3 Å². The van der Waals surface area contributed by atoms with Gasteiger partial charge in [0.05, 0.1) is 11.6 Å². The van der Waals surface area contributed by atoms with E-state index in [1.165, 1.54) is 0 Å². The molecule has 4 N–H and O–H groups in total. The molecule has 2 rings (SSSR count). The van der Waals surface area contributed by atoms with Gasteiger partial charge in [0, 0.05) is 33.8 Å². The smallest absolute Gasteiger partial charge is 0.129 e. The number of allylic oxidation sites excluding steroid dienone is 1. The number of aliphatic hydroxyl groups is 1. The van der Waals surface area contributed by atoms with Gasteiger partial charge in [-0.15, -0.1) is 0 Å². The molecule has 0 bridgehead atoms. The number of nitrogens with one attached hydrogen (secondary N) is 3. The zero-order valence-electron chi connectivity index (χ0n) is 15.2. The van der Waals surface area contributed by atoms with E-state index < -0.39 is 6.23 Å². The molecule has 0 aliphatic carbocycles. The van der Waals surface area contributed by atoms with Gasteiger partial charge in [-0.1, -0.05) is 47.5 Å². The summed E-state index contributed by atoms with van der Waals surface area (Å²) in [5.74, 6) is -0.359. The van der Waals surface area contributed by atoms with Crippen molar-refractivity contribution in [3.05, 3.63) is 81.5 Å². The number of nitrogens with zero attached hydrogens (tertiary/aromatic N) is 1. The minimum atomic E-state index is -0.966. The summed E-state index contributed by atoms with van der Waals surface area (Å²) in [6.07, 6.45) is 2.41. The minimum Gasteiger partial charge on any atom is -0.373 e. The summed E-state index contributed by atoms with van der Waals surface area (Å²) < 4.78 is 0. The highest BCUT2D eigenvalue weighted by atomic mass is 35.5. The average molecular weight is 415 g/mol. The Labute approximate surface area is 174 Å². The predicted molar refractivity (Wildman–Crippen MR) is 113 cm³/mol. The van der Waals surface area contributed by atoms with Crippen molar-refractivity contribution in [2.45, 2.75) is 25.5 Å². The molecular formula is C21H20Cl2N4O. The van der Waals surface area contributed by atoms with E-state index in [1.807, 2.05) is 6.07 Å². The van der Waals surface area contributed by atoms with Crippen molar-refractivity contribution in [1.29, 1.82) is 16.1 Å². The molecule has 0 amide bonds. The summed E-state index contributed by atoms with van der Waals surface area (Å²) in [5.41, 5.74) is 2.55. The molecule has 2 atom stereocenters. The zero-order valence-corrected chi connectivity index (χ0v) is 16.7. The fraction of sp³-hybridized carbons (Fsp3) is 0.190. The molecule has 0 spiro atoms. The Morgan fingerprint density at radius 3 is 2.46 bits per heavy atom.